The molecule has 29 heavy (non-hydrogen) atoms. The summed E-state index contributed by atoms with van der Waals surface area (Å²) < 4.78 is 5.12. The molecule has 0 saturated carbocycles. The second kappa shape index (κ2) is 9.32. The van der Waals surface area contributed by atoms with E-state index in [1.54, 1.807) is 11.8 Å². The predicted molar refractivity (Wildman–Crippen MR) is 108 cm³/mol. The zero-order valence-corrected chi connectivity index (χ0v) is 16.4. The number of ether oxygens (including phenoxy) is 1. The first-order valence-electron chi connectivity index (χ1n) is 9.68. The minimum Gasteiger partial charge on any atom is -0.452 e. The highest BCUT2D eigenvalue weighted by molar-refractivity contribution is 5.91. The fraction of sp³-hybridized carbons (Fsp3) is 0.364. The van der Waals surface area contributed by atoms with Gasteiger partial charge in [-0.25, -0.2) is 4.79 Å². The maximum atomic E-state index is 12.4. The van der Waals surface area contributed by atoms with Crippen LogP contribution in [0.2, 0.25) is 0 Å². The Balaban J connectivity index is 1.46. The minimum absolute atomic E-state index is 0.0593. The van der Waals surface area contributed by atoms with Crippen LogP contribution in [0.1, 0.15) is 34.3 Å². The predicted octanol–water partition coefficient (Wildman–Crippen LogP) is 3.54. The number of esters is 1. The lowest BCUT2D eigenvalue weighted by Gasteiger charge is -2.32. The van der Waals surface area contributed by atoms with E-state index in [-0.39, 0.29) is 23.8 Å². The van der Waals surface area contributed by atoms with Gasteiger partial charge in [-0.3, -0.25) is 14.9 Å². The molecule has 152 valence electrons. The van der Waals surface area contributed by atoms with E-state index in [2.05, 4.69) is 12.1 Å². The van der Waals surface area contributed by atoms with Crippen molar-refractivity contribution in [2.24, 2.45) is 5.92 Å². The van der Waals surface area contributed by atoms with Crippen LogP contribution in [0.4, 0.5) is 5.69 Å². The number of amides is 1. The summed E-state index contributed by atoms with van der Waals surface area (Å²) in [4.78, 5) is 36.6. The number of hydrogen-bond donors (Lipinski definition) is 0. The van der Waals surface area contributed by atoms with Crippen molar-refractivity contribution in [3.05, 3.63) is 75.3 Å². The number of aryl methyl sites for hydroxylation is 1. The maximum Gasteiger partial charge on any atom is 0.338 e. The summed E-state index contributed by atoms with van der Waals surface area (Å²) in [5.41, 5.74) is 1.82. The zero-order valence-electron chi connectivity index (χ0n) is 16.4. The lowest BCUT2D eigenvalue weighted by atomic mass is 9.90. The van der Waals surface area contributed by atoms with Crippen LogP contribution >= 0.6 is 0 Å². The van der Waals surface area contributed by atoms with Crippen LogP contribution in [-0.2, 0) is 16.0 Å². The molecule has 0 radical (unpaired) electrons. The van der Waals surface area contributed by atoms with Gasteiger partial charge in [0.05, 0.1) is 10.5 Å². The SMILES string of the molecule is Cc1cc(C(=O)OCC(=O)N2CCC(Cc3ccccc3)CC2)ccc1[N+](=O)[O-]. The summed E-state index contributed by atoms with van der Waals surface area (Å²) >= 11 is 0. The molecule has 0 aliphatic carbocycles. The van der Waals surface area contributed by atoms with E-state index in [1.165, 1.54) is 23.8 Å². The highest BCUT2D eigenvalue weighted by Crippen LogP contribution is 2.22. The number of rotatable bonds is 6. The molecule has 0 spiro atoms. The molecule has 1 aliphatic rings. The van der Waals surface area contributed by atoms with Gasteiger partial charge in [-0.1, -0.05) is 30.3 Å². The van der Waals surface area contributed by atoms with Crippen LogP contribution in [0.5, 0.6) is 0 Å². The van der Waals surface area contributed by atoms with Crippen LogP contribution in [0, 0.1) is 23.0 Å². The molecule has 3 rings (SSSR count). The Morgan fingerprint density at radius 1 is 1.14 bits per heavy atom. The first kappa shape index (κ1) is 20.5. The fourth-order valence-corrected chi connectivity index (χ4v) is 3.62. The normalized spacial score (nSPS) is 14.4. The van der Waals surface area contributed by atoms with Crippen molar-refractivity contribution in [1.82, 2.24) is 4.90 Å². The second-order valence-electron chi connectivity index (χ2n) is 7.35. The molecule has 1 saturated heterocycles. The monoisotopic (exact) mass is 396 g/mol. The Labute approximate surface area is 169 Å². The van der Waals surface area contributed by atoms with Crippen LogP contribution in [0.15, 0.2) is 48.5 Å². The molecule has 1 fully saturated rings. The Morgan fingerprint density at radius 3 is 2.45 bits per heavy atom. The molecule has 1 aliphatic heterocycles. The van der Waals surface area contributed by atoms with E-state index in [4.69, 9.17) is 4.74 Å². The van der Waals surface area contributed by atoms with Crippen LogP contribution in [0.25, 0.3) is 0 Å². The zero-order chi connectivity index (χ0) is 20.8. The number of nitro groups is 1. The van der Waals surface area contributed by atoms with Gasteiger partial charge < -0.3 is 9.64 Å². The van der Waals surface area contributed by atoms with Gasteiger partial charge in [0.15, 0.2) is 6.61 Å². The average molecular weight is 396 g/mol. The van der Waals surface area contributed by atoms with Gasteiger partial charge in [0.1, 0.15) is 0 Å². The lowest BCUT2D eigenvalue weighted by molar-refractivity contribution is -0.385. The van der Waals surface area contributed by atoms with E-state index in [1.807, 2.05) is 18.2 Å². The number of carbonyl (C=O) groups excluding carboxylic acids is 2. The smallest absolute Gasteiger partial charge is 0.338 e. The van der Waals surface area contributed by atoms with Gasteiger partial charge in [-0.2, -0.15) is 0 Å². The number of nitrogens with zero attached hydrogens (tertiary/aromatic N) is 2. The topological polar surface area (TPSA) is 89.8 Å². The third kappa shape index (κ3) is 5.40. The maximum absolute atomic E-state index is 12.4. The van der Waals surface area contributed by atoms with Crippen LogP contribution < -0.4 is 0 Å². The highest BCUT2D eigenvalue weighted by Gasteiger charge is 2.24. The number of piperidine rings is 1. The van der Waals surface area contributed by atoms with Crippen LogP contribution in [0.3, 0.4) is 0 Å². The van der Waals surface area contributed by atoms with Crippen molar-refractivity contribution in [3.63, 3.8) is 0 Å². The molecule has 7 nitrogen and oxygen atoms in total. The van der Waals surface area contributed by atoms with E-state index >= 15 is 0 Å². The third-order valence-corrected chi connectivity index (χ3v) is 5.29. The Hall–Kier alpha value is -3.22. The van der Waals surface area contributed by atoms with Crippen molar-refractivity contribution in [1.29, 1.82) is 0 Å². The summed E-state index contributed by atoms with van der Waals surface area (Å²) in [6.45, 7) is 2.55. The molecule has 0 atom stereocenters. The molecular weight excluding hydrogens is 372 g/mol. The quantitative estimate of drug-likeness (QED) is 0.423. The number of likely N-dealkylation sites (tertiary alicyclic amines) is 1. The molecular formula is C22H24N2O5. The van der Waals surface area contributed by atoms with Gasteiger partial charge in [0.25, 0.3) is 11.6 Å². The van der Waals surface area contributed by atoms with Crippen molar-refractivity contribution < 1.29 is 19.2 Å². The van der Waals surface area contributed by atoms with E-state index in [9.17, 15) is 19.7 Å². The number of benzene rings is 2. The van der Waals surface area contributed by atoms with Gasteiger partial charge >= 0.3 is 5.97 Å². The van der Waals surface area contributed by atoms with Crippen molar-refractivity contribution >= 4 is 17.6 Å². The average Bonchev–Trinajstić information content (AvgIpc) is 2.72. The first-order chi connectivity index (χ1) is 13.9. The fourth-order valence-electron chi connectivity index (χ4n) is 3.62. The summed E-state index contributed by atoms with van der Waals surface area (Å²) in [7, 11) is 0. The lowest BCUT2D eigenvalue weighted by Crippen LogP contribution is -2.41. The van der Waals surface area contributed by atoms with E-state index in [0.717, 1.165) is 19.3 Å². The minimum atomic E-state index is -0.657. The molecule has 0 N–H and O–H groups in total. The molecule has 0 bridgehead atoms. The molecule has 2 aromatic rings. The summed E-state index contributed by atoms with van der Waals surface area (Å²) in [6.07, 6.45) is 2.86. The van der Waals surface area contributed by atoms with Crippen molar-refractivity contribution in [3.8, 4) is 0 Å². The van der Waals surface area contributed by atoms with E-state index in [0.29, 0.717) is 24.6 Å². The molecule has 1 amide bonds. The molecule has 2 aromatic carbocycles. The van der Waals surface area contributed by atoms with Gasteiger partial charge in [-0.05, 0) is 49.8 Å². The molecule has 0 aromatic heterocycles. The van der Waals surface area contributed by atoms with Crippen molar-refractivity contribution in [2.75, 3.05) is 19.7 Å². The first-order valence-corrected chi connectivity index (χ1v) is 9.68. The van der Waals surface area contributed by atoms with E-state index < -0.39 is 10.9 Å². The summed E-state index contributed by atoms with van der Waals surface area (Å²) in [6, 6.07) is 14.3. The van der Waals surface area contributed by atoms with Gasteiger partial charge in [0, 0.05) is 24.7 Å². The Morgan fingerprint density at radius 2 is 1.83 bits per heavy atom. The summed E-state index contributed by atoms with van der Waals surface area (Å²) in [5, 5.41) is 10.9. The Bertz CT molecular complexity index is 889. The van der Waals surface area contributed by atoms with Gasteiger partial charge in [-0.15, -0.1) is 0 Å². The molecule has 0 unspecified atom stereocenters. The summed E-state index contributed by atoms with van der Waals surface area (Å²) in [5.74, 6) is -0.322. The largest absolute Gasteiger partial charge is 0.452 e. The highest BCUT2D eigenvalue weighted by atomic mass is 16.6. The van der Waals surface area contributed by atoms with Gasteiger partial charge in [0.2, 0.25) is 0 Å². The van der Waals surface area contributed by atoms with Crippen molar-refractivity contribution in [2.45, 2.75) is 26.2 Å². The van der Waals surface area contributed by atoms with Crippen LogP contribution in [-0.4, -0.2) is 41.4 Å². The Kier molecular flexibility index (Phi) is 6.59. The number of carbonyl (C=O) groups is 2. The second-order valence-corrected chi connectivity index (χ2v) is 7.35. The number of nitro benzene ring substituents is 1. The standard InChI is InChI=1S/C22H24N2O5/c1-16-13-19(7-8-20(16)24(27)28)22(26)29-15-21(25)23-11-9-18(10-12-23)14-17-5-3-2-4-6-17/h2-8,13,18H,9-12,14-15H2,1H3. The molecule has 1 heterocycles. The third-order valence-electron chi connectivity index (χ3n) is 5.29. The molecule has 7 heteroatoms. The number of hydrogen-bond acceptors (Lipinski definition) is 5.